The molecule has 20 heavy (non-hydrogen) atoms. The number of hydrogen-bond acceptors (Lipinski definition) is 3. The summed E-state index contributed by atoms with van der Waals surface area (Å²) in [7, 11) is 0. The SMILES string of the molecule is CC(C)N1CCCC(CN)(N2CC3CCCC3C2)CC1. The largest absolute Gasteiger partial charge is 0.329 e. The fourth-order valence-corrected chi connectivity index (χ4v) is 4.99. The summed E-state index contributed by atoms with van der Waals surface area (Å²) in [5.41, 5.74) is 6.61. The summed E-state index contributed by atoms with van der Waals surface area (Å²) in [6, 6.07) is 0.682. The Labute approximate surface area is 124 Å². The minimum Gasteiger partial charge on any atom is -0.329 e. The summed E-state index contributed by atoms with van der Waals surface area (Å²) in [6.07, 6.45) is 8.33. The number of fused-ring (bicyclic) bond motifs is 1. The molecular weight excluding hydrogens is 246 g/mol. The summed E-state index contributed by atoms with van der Waals surface area (Å²) in [6.45, 7) is 10.7. The second kappa shape index (κ2) is 5.94. The summed E-state index contributed by atoms with van der Waals surface area (Å²) in [4.78, 5) is 5.46. The number of likely N-dealkylation sites (tertiary alicyclic amines) is 2. The van der Waals surface area contributed by atoms with E-state index in [2.05, 4.69) is 23.6 Å². The average Bonchev–Trinajstić information content (AvgIpc) is 2.94. The van der Waals surface area contributed by atoms with Crippen molar-refractivity contribution in [2.24, 2.45) is 17.6 Å². The Kier molecular flexibility index (Phi) is 4.40. The number of rotatable bonds is 3. The Morgan fingerprint density at radius 3 is 2.35 bits per heavy atom. The molecule has 3 atom stereocenters. The molecule has 116 valence electrons. The van der Waals surface area contributed by atoms with E-state index >= 15 is 0 Å². The first kappa shape index (κ1) is 14.8. The van der Waals surface area contributed by atoms with Crippen LogP contribution < -0.4 is 5.73 Å². The zero-order chi connectivity index (χ0) is 14.2. The van der Waals surface area contributed by atoms with E-state index in [9.17, 15) is 0 Å². The summed E-state index contributed by atoms with van der Waals surface area (Å²) in [5, 5.41) is 0. The monoisotopic (exact) mass is 279 g/mol. The molecular formula is C17H33N3. The molecule has 3 heteroatoms. The molecule has 2 aliphatic heterocycles. The Balaban J connectivity index is 1.68. The van der Waals surface area contributed by atoms with E-state index in [1.165, 1.54) is 64.7 Å². The van der Waals surface area contributed by atoms with Crippen molar-refractivity contribution in [2.75, 3.05) is 32.7 Å². The van der Waals surface area contributed by atoms with Gasteiger partial charge in [-0.15, -0.1) is 0 Å². The molecule has 1 saturated carbocycles. The topological polar surface area (TPSA) is 32.5 Å². The van der Waals surface area contributed by atoms with Crippen molar-refractivity contribution in [2.45, 2.75) is 64.0 Å². The Bertz CT molecular complexity index is 318. The maximum atomic E-state index is 6.30. The van der Waals surface area contributed by atoms with Gasteiger partial charge in [-0.2, -0.15) is 0 Å². The van der Waals surface area contributed by atoms with Crippen LogP contribution in [0.25, 0.3) is 0 Å². The first-order valence-electron chi connectivity index (χ1n) is 8.84. The lowest BCUT2D eigenvalue weighted by Gasteiger charge is -2.41. The van der Waals surface area contributed by atoms with Gasteiger partial charge in [-0.05, 0) is 64.3 Å². The van der Waals surface area contributed by atoms with Gasteiger partial charge in [0, 0.05) is 37.8 Å². The first-order chi connectivity index (χ1) is 9.64. The van der Waals surface area contributed by atoms with Gasteiger partial charge in [0.2, 0.25) is 0 Å². The van der Waals surface area contributed by atoms with Gasteiger partial charge in [0.15, 0.2) is 0 Å². The quantitative estimate of drug-likeness (QED) is 0.860. The number of nitrogens with zero attached hydrogens (tertiary/aromatic N) is 2. The predicted octanol–water partition coefficient (Wildman–Crippen LogP) is 2.31. The highest BCUT2D eigenvalue weighted by molar-refractivity contribution is 5.01. The maximum Gasteiger partial charge on any atom is 0.0344 e. The molecule has 0 aromatic heterocycles. The molecule has 0 radical (unpaired) electrons. The van der Waals surface area contributed by atoms with Crippen molar-refractivity contribution in [1.82, 2.24) is 9.80 Å². The van der Waals surface area contributed by atoms with Crippen LogP contribution >= 0.6 is 0 Å². The molecule has 3 fully saturated rings. The third kappa shape index (κ3) is 2.65. The predicted molar refractivity (Wildman–Crippen MR) is 84.7 cm³/mol. The van der Waals surface area contributed by atoms with Crippen LogP contribution in [-0.2, 0) is 0 Å². The van der Waals surface area contributed by atoms with Crippen LogP contribution in [0.1, 0.15) is 52.4 Å². The van der Waals surface area contributed by atoms with Gasteiger partial charge in [-0.25, -0.2) is 0 Å². The van der Waals surface area contributed by atoms with Crippen molar-refractivity contribution in [3.8, 4) is 0 Å². The molecule has 3 unspecified atom stereocenters. The minimum absolute atomic E-state index is 0.313. The van der Waals surface area contributed by atoms with Crippen LogP contribution in [0.15, 0.2) is 0 Å². The lowest BCUT2D eigenvalue weighted by atomic mass is 9.88. The summed E-state index contributed by atoms with van der Waals surface area (Å²) < 4.78 is 0. The fourth-order valence-electron chi connectivity index (χ4n) is 4.99. The van der Waals surface area contributed by atoms with E-state index in [0.29, 0.717) is 11.6 Å². The Hall–Kier alpha value is -0.120. The van der Waals surface area contributed by atoms with E-state index in [0.717, 1.165) is 18.4 Å². The van der Waals surface area contributed by atoms with E-state index in [1.54, 1.807) is 0 Å². The lowest BCUT2D eigenvalue weighted by molar-refractivity contribution is 0.0936. The van der Waals surface area contributed by atoms with E-state index in [-0.39, 0.29) is 0 Å². The molecule has 3 nitrogen and oxygen atoms in total. The Morgan fingerprint density at radius 2 is 1.75 bits per heavy atom. The van der Waals surface area contributed by atoms with Gasteiger partial charge in [0.1, 0.15) is 0 Å². The molecule has 0 amide bonds. The van der Waals surface area contributed by atoms with E-state index in [1.807, 2.05) is 0 Å². The van der Waals surface area contributed by atoms with Gasteiger partial charge in [0.25, 0.3) is 0 Å². The highest BCUT2D eigenvalue weighted by atomic mass is 15.3. The highest BCUT2D eigenvalue weighted by Gasteiger charge is 2.45. The smallest absolute Gasteiger partial charge is 0.0344 e. The molecule has 0 aromatic rings. The minimum atomic E-state index is 0.313. The first-order valence-corrected chi connectivity index (χ1v) is 8.84. The second-order valence-electron chi connectivity index (χ2n) is 7.77. The highest BCUT2D eigenvalue weighted by Crippen LogP contribution is 2.42. The van der Waals surface area contributed by atoms with Gasteiger partial charge in [0.05, 0.1) is 0 Å². The van der Waals surface area contributed by atoms with Gasteiger partial charge in [-0.3, -0.25) is 4.90 Å². The van der Waals surface area contributed by atoms with Crippen LogP contribution in [0.5, 0.6) is 0 Å². The van der Waals surface area contributed by atoms with Gasteiger partial charge < -0.3 is 10.6 Å². The lowest BCUT2D eigenvalue weighted by Crippen LogP contribution is -2.53. The van der Waals surface area contributed by atoms with Crippen LogP contribution in [0.2, 0.25) is 0 Å². The maximum absolute atomic E-state index is 6.30. The van der Waals surface area contributed by atoms with Crippen molar-refractivity contribution in [3.05, 3.63) is 0 Å². The number of nitrogens with two attached hydrogens (primary N) is 1. The van der Waals surface area contributed by atoms with Crippen molar-refractivity contribution in [3.63, 3.8) is 0 Å². The summed E-state index contributed by atoms with van der Waals surface area (Å²) in [5.74, 6) is 1.98. The van der Waals surface area contributed by atoms with Crippen LogP contribution in [-0.4, -0.2) is 54.1 Å². The zero-order valence-corrected chi connectivity index (χ0v) is 13.5. The summed E-state index contributed by atoms with van der Waals surface area (Å²) >= 11 is 0. The molecule has 0 aromatic carbocycles. The van der Waals surface area contributed by atoms with Crippen LogP contribution in [0, 0.1) is 11.8 Å². The standard InChI is InChI=1S/C17H33N3/c1-14(2)19-9-4-7-17(13-18,8-10-19)20-11-15-5-3-6-16(15)12-20/h14-16H,3-13,18H2,1-2H3. The van der Waals surface area contributed by atoms with Crippen molar-refractivity contribution >= 4 is 0 Å². The normalized spacial score (nSPS) is 40.2. The van der Waals surface area contributed by atoms with Crippen LogP contribution in [0.3, 0.4) is 0 Å². The van der Waals surface area contributed by atoms with Crippen LogP contribution in [0.4, 0.5) is 0 Å². The second-order valence-corrected chi connectivity index (χ2v) is 7.77. The Morgan fingerprint density at radius 1 is 1.05 bits per heavy atom. The van der Waals surface area contributed by atoms with Crippen molar-refractivity contribution < 1.29 is 0 Å². The molecule has 3 rings (SSSR count). The molecule has 3 aliphatic rings. The van der Waals surface area contributed by atoms with E-state index in [4.69, 9.17) is 5.73 Å². The average molecular weight is 279 g/mol. The van der Waals surface area contributed by atoms with Crippen molar-refractivity contribution in [1.29, 1.82) is 0 Å². The molecule has 2 N–H and O–H groups in total. The number of hydrogen-bond donors (Lipinski definition) is 1. The molecule has 1 aliphatic carbocycles. The van der Waals surface area contributed by atoms with Gasteiger partial charge >= 0.3 is 0 Å². The molecule has 0 spiro atoms. The van der Waals surface area contributed by atoms with Gasteiger partial charge in [-0.1, -0.05) is 6.42 Å². The zero-order valence-electron chi connectivity index (χ0n) is 13.5. The molecule has 2 saturated heterocycles. The van der Waals surface area contributed by atoms with E-state index < -0.39 is 0 Å². The molecule has 2 heterocycles. The fraction of sp³-hybridized carbons (Fsp3) is 1.00. The molecule has 0 bridgehead atoms. The third-order valence-electron chi connectivity index (χ3n) is 6.46. The third-order valence-corrected chi connectivity index (χ3v) is 6.46.